The Balaban J connectivity index is 2.05. The lowest BCUT2D eigenvalue weighted by atomic mass is 9.69. The zero-order valence-corrected chi connectivity index (χ0v) is 11.9. The molecule has 0 spiro atoms. The van der Waals surface area contributed by atoms with Crippen molar-refractivity contribution in [1.29, 1.82) is 0 Å². The van der Waals surface area contributed by atoms with E-state index in [1.807, 2.05) is 12.1 Å². The molecule has 2 aliphatic rings. The van der Waals surface area contributed by atoms with Crippen molar-refractivity contribution in [1.82, 2.24) is 5.32 Å². The van der Waals surface area contributed by atoms with E-state index in [1.165, 1.54) is 5.56 Å². The minimum Gasteiger partial charge on any atom is -0.493 e. The third kappa shape index (κ3) is 2.00. The highest BCUT2D eigenvalue weighted by atomic mass is 16.5. The quantitative estimate of drug-likeness (QED) is 0.823. The van der Waals surface area contributed by atoms with Crippen molar-refractivity contribution in [3.63, 3.8) is 0 Å². The largest absolute Gasteiger partial charge is 0.493 e. The van der Waals surface area contributed by atoms with Gasteiger partial charge in [0.15, 0.2) is 11.5 Å². The van der Waals surface area contributed by atoms with Gasteiger partial charge >= 0.3 is 0 Å². The van der Waals surface area contributed by atoms with Gasteiger partial charge in [-0.3, -0.25) is 0 Å². The van der Waals surface area contributed by atoms with Gasteiger partial charge < -0.3 is 19.9 Å². The molecular weight excluding hydrogens is 254 g/mol. The molecule has 0 saturated carbocycles. The van der Waals surface area contributed by atoms with Gasteiger partial charge in [-0.15, -0.1) is 0 Å². The van der Waals surface area contributed by atoms with Crippen LogP contribution in [0, 0.1) is 0 Å². The Kier molecular flexibility index (Phi) is 3.44. The summed E-state index contributed by atoms with van der Waals surface area (Å²) in [7, 11) is 3.30. The Labute approximate surface area is 119 Å². The molecule has 4 nitrogen and oxygen atoms in total. The average Bonchev–Trinajstić information content (AvgIpc) is 2.90. The van der Waals surface area contributed by atoms with Crippen LogP contribution in [0.2, 0.25) is 0 Å². The summed E-state index contributed by atoms with van der Waals surface area (Å²) in [6.45, 7) is 0.968. The highest BCUT2D eigenvalue weighted by Gasteiger charge is 2.45. The molecule has 1 saturated heterocycles. The topological polar surface area (TPSA) is 50.7 Å². The molecular formula is C16H21NO3. The fourth-order valence-electron chi connectivity index (χ4n) is 3.47. The molecule has 108 valence electrons. The predicted octanol–water partition coefficient (Wildman–Crippen LogP) is 1.62. The maximum absolute atomic E-state index is 9.83. The van der Waals surface area contributed by atoms with E-state index >= 15 is 0 Å². The van der Waals surface area contributed by atoms with Crippen LogP contribution in [-0.4, -0.2) is 38.0 Å². The highest BCUT2D eigenvalue weighted by Crippen LogP contribution is 2.44. The second-order valence-electron chi connectivity index (χ2n) is 5.53. The first-order chi connectivity index (χ1) is 9.69. The molecule has 3 atom stereocenters. The second-order valence-corrected chi connectivity index (χ2v) is 5.53. The van der Waals surface area contributed by atoms with Gasteiger partial charge in [0, 0.05) is 11.5 Å². The Morgan fingerprint density at radius 1 is 1.25 bits per heavy atom. The third-order valence-corrected chi connectivity index (χ3v) is 4.57. The summed E-state index contributed by atoms with van der Waals surface area (Å²) in [5.41, 5.74) is 1.17. The summed E-state index contributed by atoms with van der Waals surface area (Å²) in [6, 6.07) is 6.39. The van der Waals surface area contributed by atoms with Crippen LogP contribution in [0.3, 0.4) is 0 Å². The Hall–Kier alpha value is -1.52. The first kappa shape index (κ1) is 13.5. The first-order valence-electron chi connectivity index (χ1n) is 7.03. The summed E-state index contributed by atoms with van der Waals surface area (Å²) in [5.74, 6) is 1.50. The fourth-order valence-corrected chi connectivity index (χ4v) is 3.47. The van der Waals surface area contributed by atoms with E-state index in [4.69, 9.17) is 9.47 Å². The molecule has 4 heteroatoms. The highest BCUT2D eigenvalue weighted by molar-refractivity contribution is 5.48. The molecule has 3 rings (SSSR count). The Morgan fingerprint density at radius 2 is 2.05 bits per heavy atom. The molecule has 0 radical (unpaired) electrons. The van der Waals surface area contributed by atoms with E-state index in [-0.39, 0.29) is 17.6 Å². The van der Waals surface area contributed by atoms with Gasteiger partial charge in [0.2, 0.25) is 0 Å². The van der Waals surface area contributed by atoms with Crippen molar-refractivity contribution in [3.05, 3.63) is 35.9 Å². The number of nitrogens with one attached hydrogen (secondary N) is 1. The van der Waals surface area contributed by atoms with E-state index in [1.54, 1.807) is 14.2 Å². The summed E-state index contributed by atoms with van der Waals surface area (Å²) < 4.78 is 10.7. The molecule has 1 heterocycles. The van der Waals surface area contributed by atoms with Crippen molar-refractivity contribution in [3.8, 4) is 11.5 Å². The van der Waals surface area contributed by atoms with Gasteiger partial charge in [-0.2, -0.15) is 0 Å². The first-order valence-corrected chi connectivity index (χ1v) is 7.03. The molecule has 2 N–H and O–H groups in total. The van der Waals surface area contributed by atoms with Crippen molar-refractivity contribution in [2.45, 2.75) is 30.4 Å². The number of aliphatic hydroxyl groups is 1. The number of methoxy groups -OCH3 is 2. The van der Waals surface area contributed by atoms with E-state index in [2.05, 4.69) is 23.5 Å². The van der Waals surface area contributed by atoms with Crippen LogP contribution in [0.4, 0.5) is 0 Å². The molecule has 1 aromatic rings. The van der Waals surface area contributed by atoms with E-state index in [0.717, 1.165) is 30.9 Å². The monoisotopic (exact) mass is 275 g/mol. The van der Waals surface area contributed by atoms with Crippen molar-refractivity contribution in [2.75, 3.05) is 20.8 Å². The number of aliphatic hydroxyl groups excluding tert-OH is 1. The van der Waals surface area contributed by atoms with Gasteiger partial charge in [-0.1, -0.05) is 18.2 Å². The molecule has 1 aliphatic carbocycles. The minimum atomic E-state index is -0.348. The molecule has 0 aromatic heterocycles. The number of fused-ring (bicyclic) bond motifs is 1. The lowest BCUT2D eigenvalue weighted by Crippen LogP contribution is -2.43. The lowest BCUT2D eigenvalue weighted by molar-refractivity contribution is 0.175. The van der Waals surface area contributed by atoms with Crippen molar-refractivity contribution >= 4 is 0 Å². The molecule has 1 fully saturated rings. The van der Waals surface area contributed by atoms with E-state index in [0.29, 0.717) is 0 Å². The van der Waals surface area contributed by atoms with Crippen LogP contribution in [-0.2, 0) is 5.41 Å². The summed E-state index contributed by atoms with van der Waals surface area (Å²) >= 11 is 0. The molecule has 1 aromatic carbocycles. The minimum absolute atomic E-state index is 0.0429. The summed E-state index contributed by atoms with van der Waals surface area (Å²) in [6.07, 6.45) is 5.52. The zero-order chi connectivity index (χ0) is 14.2. The normalized spacial score (nSPS) is 31.9. The smallest absolute Gasteiger partial charge is 0.161 e. The SMILES string of the molecule is COc1ccc(C23C=CC(O)CC2NCC3)cc1OC. The number of hydrogen-bond donors (Lipinski definition) is 2. The third-order valence-electron chi connectivity index (χ3n) is 4.57. The van der Waals surface area contributed by atoms with Gasteiger partial charge in [0.25, 0.3) is 0 Å². The van der Waals surface area contributed by atoms with Gasteiger partial charge in [-0.25, -0.2) is 0 Å². The summed E-state index contributed by atoms with van der Waals surface area (Å²) in [4.78, 5) is 0. The maximum Gasteiger partial charge on any atom is 0.161 e. The van der Waals surface area contributed by atoms with Crippen LogP contribution < -0.4 is 14.8 Å². The molecule has 0 amide bonds. The fraction of sp³-hybridized carbons (Fsp3) is 0.500. The van der Waals surface area contributed by atoms with Crippen LogP contribution in [0.25, 0.3) is 0 Å². The molecule has 0 bridgehead atoms. The van der Waals surface area contributed by atoms with Crippen LogP contribution >= 0.6 is 0 Å². The number of rotatable bonds is 3. The predicted molar refractivity (Wildman–Crippen MR) is 77.4 cm³/mol. The van der Waals surface area contributed by atoms with Gasteiger partial charge in [0.05, 0.1) is 20.3 Å². The van der Waals surface area contributed by atoms with Gasteiger partial charge in [-0.05, 0) is 37.1 Å². The second kappa shape index (κ2) is 5.11. The Bertz CT molecular complexity index is 528. The average molecular weight is 275 g/mol. The number of benzene rings is 1. The standard InChI is InChI=1S/C16H21NO3/c1-19-13-4-3-11(9-14(13)20-2)16-6-5-12(18)10-15(16)17-8-7-16/h3-6,9,12,15,17-18H,7-8,10H2,1-2H3. The Morgan fingerprint density at radius 3 is 2.80 bits per heavy atom. The van der Waals surface area contributed by atoms with Crippen LogP contribution in [0.15, 0.2) is 30.4 Å². The molecule has 3 unspecified atom stereocenters. The van der Waals surface area contributed by atoms with Crippen molar-refractivity contribution in [2.24, 2.45) is 0 Å². The zero-order valence-electron chi connectivity index (χ0n) is 11.9. The molecule has 1 aliphatic heterocycles. The van der Waals surface area contributed by atoms with E-state index < -0.39 is 0 Å². The number of hydrogen-bond acceptors (Lipinski definition) is 4. The molecule has 20 heavy (non-hydrogen) atoms. The van der Waals surface area contributed by atoms with Gasteiger partial charge in [0.1, 0.15) is 0 Å². The van der Waals surface area contributed by atoms with Crippen LogP contribution in [0.1, 0.15) is 18.4 Å². The number of ether oxygens (including phenoxy) is 2. The van der Waals surface area contributed by atoms with Crippen LogP contribution in [0.5, 0.6) is 11.5 Å². The van der Waals surface area contributed by atoms with E-state index in [9.17, 15) is 5.11 Å². The lowest BCUT2D eigenvalue weighted by Gasteiger charge is -2.37. The summed E-state index contributed by atoms with van der Waals surface area (Å²) in [5, 5.41) is 13.3. The van der Waals surface area contributed by atoms with Crippen molar-refractivity contribution < 1.29 is 14.6 Å². The maximum atomic E-state index is 9.83.